The van der Waals surface area contributed by atoms with Gasteiger partial charge in [-0.1, -0.05) is 24.3 Å². The van der Waals surface area contributed by atoms with E-state index in [9.17, 15) is 19.2 Å². The van der Waals surface area contributed by atoms with Gasteiger partial charge in [0, 0.05) is 18.5 Å². The first kappa shape index (κ1) is 19.6. The molecule has 2 rings (SSSR count). The molecule has 2 aromatic rings. The number of H-pyrrole nitrogens is 1. The number of benzene rings is 1. The Hall–Kier alpha value is -3.69. The van der Waals surface area contributed by atoms with Crippen LogP contribution in [0.3, 0.4) is 0 Å². The second-order valence-electron chi connectivity index (χ2n) is 5.33. The van der Waals surface area contributed by atoms with E-state index in [4.69, 9.17) is 4.74 Å². The lowest BCUT2D eigenvalue weighted by molar-refractivity contribution is -0.148. The highest BCUT2D eigenvalue weighted by Gasteiger charge is 2.14. The maximum atomic E-state index is 12.1. The van der Waals surface area contributed by atoms with Crippen LogP contribution < -0.4 is 16.0 Å². The molecule has 142 valence electrons. The van der Waals surface area contributed by atoms with Crippen LogP contribution in [0.1, 0.15) is 16.9 Å². The summed E-state index contributed by atoms with van der Waals surface area (Å²) in [5.41, 5.74) is 0.953. The van der Waals surface area contributed by atoms with Gasteiger partial charge in [0.1, 0.15) is 0 Å². The topological polar surface area (TPSA) is 142 Å². The lowest BCUT2D eigenvalue weighted by atomic mass is 10.2. The molecule has 0 saturated heterocycles. The van der Waals surface area contributed by atoms with Crippen LogP contribution >= 0.6 is 0 Å². The normalized spacial score (nSPS) is 10.1. The van der Waals surface area contributed by atoms with E-state index in [2.05, 4.69) is 27.4 Å². The summed E-state index contributed by atoms with van der Waals surface area (Å²) in [6.07, 6.45) is 1.31. The zero-order valence-electron chi connectivity index (χ0n) is 14.4. The molecule has 0 saturated carbocycles. The number of aromatic nitrogens is 2. The highest BCUT2D eigenvalue weighted by atomic mass is 16.5. The van der Waals surface area contributed by atoms with Gasteiger partial charge >= 0.3 is 12.0 Å². The number of nitrogens with zero attached hydrogens (tertiary/aromatic N) is 1. The number of urea groups is 1. The van der Waals surface area contributed by atoms with Crippen molar-refractivity contribution in [2.24, 2.45) is 0 Å². The Morgan fingerprint density at radius 2 is 1.96 bits per heavy atom. The van der Waals surface area contributed by atoms with Gasteiger partial charge in [0.25, 0.3) is 11.8 Å². The van der Waals surface area contributed by atoms with Crippen molar-refractivity contribution in [3.63, 3.8) is 0 Å². The molecule has 0 aliphatic heterocycles. The average Bonchev–Trinajstić information content (AvgIpc) is 3.09. The first-order valence-electron chi connectivity index (χ1n) is 8.06. The Labute approximate surface area is 154 Å². The van der Waals surface area contributed by atoms with E-state index in [0.717, 1.165) is 5.52 Å². The Kier molecular flexibility index (Phi) is 7.06. The number of fused-ring (bicyclic) bond motifs is 1. The fraction of sp³-hybridized carbons (Fsp3) is 0.235. The summed E-state index contributed by atoms with van der Waals surface area (Å²) < 4.78 is 4.73. The number of hydrogen-bond acceptors (Lipinski definition) is 6. The van der Waals surface area contributed by atoms with Gasteiger partial charge in [-0.25, -0.2) is 4.79 Å². The standard InChI is InChI=1S/C17H19N5O5/c1-2-8-19-17(26)20-13(23)10-27-14(24)7-9-18-16(25)15-11-5-3-4-6-12(11)21-22-15/h2-6H,1,7-10H2,(H,18,25)(H,21,22)(H2,19,20,23,26). The van der Waals surface area contributed by atoms with Gasteiger partial charge in [0.2, 0.25) is 0 Å². The van der Waals surface area contributed by atoms with Crippen molar-refractivity contribution in [2.75, 3.05) is 19.7 Å². The minimum Gasteiger partial charge on any atom is -0.456 e. The Morgan fingerprint density at radius 1 is 1.19 bits per heavy atom. The summed E-state index contributed by atoms with van der Waals surface area (Å²) in [6, 6.07) is 6.44. The van der Waals surface area contributed by atoms with Crippen LogP contribution in [0.25, 0.3) is 10.9 Å². The first-order chi connectivity index (χ1) is 13.0. The highest BCUT2D eigenvalue weighted by Crippen LogP contribution is 2.14. The number of nitrogens with one attached hydrogen (secondary N) is 4. The number of para-hydroxylation sites is 1. The first-order valence-corrected chi connectivity index (χ1v) is 8.06. The molecule has 27 heavy (non-hydrogen) atoms. The number of amides is 4. The van der Waals surface area contributed by atoms with Crippen LogP contribution in [0.2, 0.25) is 0 Å². The zero-order valence-corrected chi connectivity index (χ0v) is 14.4. The predicted octanol–water partition coefficient (Wildman–Crippen LogP) is 0.238. The van der Waals surface area contributed by atoms with E-state index in [-0.39, 0.29) is 25.2 Å². The maximum absolute atomic E-state index is 12.1. The van der Waals surface area contributed by atoms with Gasteiger partial charge in [-0.05, 0) is 6.07 Å². The minimum absolute atomic E-state index is 0.0142. The van der Waals surface area contributed by atoms with Crippen LogP contribution in [0.4, 0.5) is 4.79 Å². The largest absolute Gasteiger partial charge is 0.456 e. The molecule has 0 unspecified atom stereocenters. The molecule has 0 bridgehead atoms. The predicted molar refractivity (Wildman–Crippen MR) is 95.7 cm³/mol. The molecule has 1 aromatic carbocycles. The molecule has 4 amide bonds. The molecule has 0 atom stereocenters. The number of esters is 1. The van der Waals surface area contributed by atoms with Crippen LogP contribution in [0.15, 0.2) is 36.9 Å². The van der Waals surface area contributed by atoms with E-state index in [1.54, 1.807) is 18.2 Å². The van der Waals surface area contributed by atoms with E-state index in [0.29, 0.717) is 5.39 Å². The monoisotopic (exact) mass is 373 g/mol. The minimum atomic E-state index is -0.767. The summed E-state index contributed by atoms with van der Waals surface area (Å²) in [7, 11) is 0. The lowest BCUT2D eigenvalue weighted by Crippen LogP contribution is -2.41. The van der Waals surface area contributed by atoms with Crippen molar-refractivity contribution in [2.45, 2.75) is 6.42 Å². The number of rotatable bonds is 8. The van der Waals surface area contributed by atoms with Crippen molar-refractivity contribution >= 4 is 34.7 Å². The Bertz CT molecular complexity index is 860. The molecule has 0 fully saturated rings. The molecular formula is C17H19N5O5. The molecule has 0 aliphatic rings. The number of carbonyl (C=O) groups is 4. The molecule has 0 radical (unpaired) electrons. The highest BCUT2D eigenvalue weighted by molar-refractivity contribution is 6.04. The van der Waals surface area contributed by atoms with Gasteiger partial charge < -0.3 is 15.4 Å². The van der Waals surface area contributed by atoms with Gasteiger partial charge in [-0.2, -0.15) is 5.10 Å². The summed E-state index contributed by atoms with van der Waals surface area (Å²) in [6.45, 7) is 3.02. The van der Waals surface area contributed by atoms with Crippen LogP contribution in [0, 0.1) is 0 Å². The number of imide groups is 1. The van der Waals surface area contributed by atoms with E-state index < -0.39 is 30.4 Å². The van der Waals surface area contributed by atoms with Crippen LogP contribution in [-0.4, -0.2) is 53.7 Å². The van der Waals surface area contributed by atoms with Crippen molar-refractivity contribution in [1.29, 1.82) is 0 Å². The molecule has 1 aromatic heterocycles. The van der Waals surface area contributed by atoms with Crippen LogP contribution in [-0.2, 0) is 14.3 Å². The third-order valence-corrected chi connectivity index (χ3v) is 3.32. The Balaban J connectivity index is 1.68. The van der Waals surface area contributed by atoms with E-state index in [1.165, 1.54) is 6.08 Å². The molecule has 0 aliphatic carbocycles. The zero-order chi connectivity index (χ0) is 19.6. The van der Waals surface area contributed by atoms with E-state index in [1.807, 2.05) is 11.4 Å². The van der Waals surface area contributed by atoms with Gasteiger partial charge in [0.05, 0.1) is 11.9 Å². The maximum Gasteiger partial charge on any atom is 0.321 e. The van der Waals surface area contributed by atoms with Crippen molar-refractivity contribution < 1.29 is 23.9 Å². The second kappa shape index (κ2) is 9.70. The number of aromatic amines is 1. The smallest absolute Gasteiger partial charge is 0.321 e. The third-order valence-electron chi connectivity index (χ3n) is 3.32. The summed E-state index contributed by atoms with van der Waals surface area (Å²) in [5.74, 6) is -1.89. The molecule has 1 heterocycles. The van der Waals surface area contributed by atoms with Crippen molar-refractivity contribution in [3.8, 4) is 0 Å². The van der Waals surface area contributed by atoms with E-state index >= 15 is 0 Å². The summed E-state index contributed by atoms with van der Waals surface area (Å²) in [4.78, 5) is 46.4. The van der Waals surface area contributed by atoms with Crippen molar-refractivity contribution in [1.82, 2.24) is 26.1 Å². The number of carbonyl (C=O) groups excluding carboxylic acids is 4. The van der Waals surface area contributed by atoms with Gasteiger partial charge in [-0.3, -0.25) is 24.8 Å². The lowest BCUT2D eigenvalue weighted by Gasteiger charge is -2.07. The average molecular weight is 373 g/mol. The SMILES string of the molecule is C=CCNC(=O)NC(=O)COC(=O)CCNC(=O)c1n[nH]c2ccccc12. The molecule has 0 spiro atoms. The Morgan fingerprint density at radius 3 is 2.74 bits per heavy atom. The molecular weight excluding hydrogens is 354 g/mol. The van der Waals surface area contributed by atoms with Crippen LogP contribution in [0.5, 0.6) is 0 Å². The number of hydrogen-bond donors (Lipinski definition) is 4. The second-order valence-corrected chi connectivity index (χ2v) is 5.33. The fourth-order valence-electron chi connectivity index (χ4n) is 2.09. The van der Waals surface area contributed by atoms with Gasteiger partial charge in [0.15, 0.2) is 12.3 Å². The quantitative estimate of drug-likeness (QED) is 0.386. The number of ether oxygens (including phenoxy) is 1. The summed E-state index contributed by atoms with van der Waals surface area (Å²) >= 11 is 0. The molecule has 4 N–H and O–H groups in total. The molecule has 10 heteroatoms. The third kappa shape index (κ3) is 5.96. The fourth-order valence-corrected chi connectivity index (χ4v) is 2.09. The molecule has 10 nitrogen and oxygen atoms in total. The van der Waals surface area contributed by atoms with Crippen molar-refractivity contribution in [3.05, 3.63) is 42.6 Å². The van der Waals surface area contributed by atoms with Gasteiger partial charge in [-0.15, -0.1) is 6.58 Å². The summed E-state index contributed by atoms with van der Waals surface area (Å²) in [5, 5.41) is 14.2.